The Morgan fingerprint density at radius 3 is 2.10 bits per heavy atom. The van der Waals surface area contributed by atoms with Gasteiger partial charge in [-0.1, -0.05) is 20.8 Å². The van der Waals surface area contributed by atoms with E-state index in [4.69, 9.17) is 0 Å². The predicted octanol–water partition coefficient (Wildman–Crippen LogP) is 2.10. The van der Waals surface area contributed by atoms with Crippen LogP contribution in [0.3, 0.4) is 0 Å². The summed E-state index contributed by atoms with van der Waals surface area (Å²) >= 11 is 1.74. The van der Waals surface area contributed by atoms with E-state index in [0.717, 1.165) is 0 Å². The maximum Gasteiger partial charge on any atom is 0.102 e. The lowest BCUT2D eigenvalue weighted by Crippen LogP contribution is -2.15. The second kappa shape index (κ2) is 3.14. The van der Waals surface area contributed by atoms with Gasteiger partial charge < -0.3 is 5.11 Å². The third-order valence-corrected chi connectivity index (χ3v) is 4.40. The number of hydrogen-bond acceptors (Lipinski definition) is 2. The van der Waals surface area contributed by atoms with Gasteiger partial charge in [-0.3, -0.25) is 0 Å². The van der Waals surface area contributed by atoms with Crippen LogP contribution in [-0.2, 0) is 0 Å². The molecule has 1 rings (SSSR count). The molecule has 0 aromatic rings. The van der Waals surface area contributed by atoms with Crippen molar-refractivity contribution in [1.82, 2.24) is 0 Å². The molecule has 0 radical (unpaired) electrons. The molecule has 0 amide bonds. The summed E-state index contributed by atoms with van der Waals surface area (Å²) < 4.78 is 0. The summed E-state index contributed by atoms with van der Waals surface area (Å²) in [5, 5.41) is 10.1. The Bertz CT molecular complexity index is 116. The molecule has 10 heavy (non-hydrogen) atoms. The van der Waals surface area contributed by atoms with Crippen LogP contribution < -0.4 is 0 Å². The second-order valence-corrected chi connectivity index (χ2v) is 4.55. The number of aliphatic hydroxyl groups excluding tert-OH is 1. The lowest BCUT2D eigenvalue weighted by Gasteiger charge is -2.13. The molecule has 2 heteroatoms. The molecule has 1 saturated heterocycles. The second-order valence-electron chi connectivity index (χ2n) is 3.19. The summed E-state index contributed by atoms with van der Waals surface area (Å²) in [7, 11) is 0. The lowest BCUT2D eigenvalue weighted by molar-refractivity contribution is 0.180. The topological polar surface area (TPSA) is 20.2 Å². The van der Waals surface area contributed by atoms with Gasteiger partial charge >= 0.3 is 0 Å². The number of aliphatic hydroxyl groups is 1. The van der Waals surface area contributed by atoms with Crippen LogP contribution in [0.25, 0.3) is 0 Å². The van der Waals surface area contributed by atoms with Crippen molar-refractivity contribution in [2.75, 3.05) is 0 Å². The summed E-state index contributed by atoms with van der Waals surface area (Å²) in [6.45, 7) is 6.57. The van der Waals surface area contributed by atoms with Crippen LogP contribution in [0, 0.1) is 11.8 Å². The van der Waals surface area contributed by atoms with Gasteiger partial charge in [0, 0.05) is 5.25 Å². The first-order valence-corrected chi connectivity index (χ1v) is 4.94. The largest absolute Gasteiger partial charge is 0.382 e. The maximum absolute atomic E-state index is 9.43. The molecule has 1 nitrogen and oxygen atoms in total. The molecule has 1 heterocycles. The molecule has 60 valence electrons. The molecule has 0 saturated carbocycles. The van der Waals surface area contributed by atoms with Crippen molar-refractivity contribution in [3.05, 3.63) is 0 Å². The zero-order valence-corrected chi connectivity index (χ0v) is 7.69. The van der Waals surface area contributed by atoms with Gasteiger partial charge in [0.25, 0.3) is 0 Å². The van der Waals surface area contributed by atoms with E-state index in [1.54, 1.807) is 11.8 Å². The summed E-state index contributed by atoms with van der Waals surface area (Å²) in [5.41, 5.74) is -0.111. The standard InChI is InChI=1S/C8H16OS/c1-4-7-5(2)6(3)8(9)10-7/h5-9H,4H2,1-3H3/t5-,6?,7-,8?/m1/s1. The first-order valence-electron chi connectivity index (χ1n) is 4.00. The fourth-order valence-corrected chi connectivity index (χ4v) is 3.04. The minimum atomic E-state index is -0.111. The predicted molar refractivity (Wildman–Crippen MR) is 46.0 cm³/mol. The SMILES string of the molecule is CC[C@H]1SC(O)C(C)[C@H]1C. The van der Waals surface area contributed by atoms with Crippen LogP contribution in [0.1, 0.15) is 27.2 Å². The monoisotopic (exact) mass is 160 g/mol. The zero-order chi connectivity index (χ0) is 7.72. The summed E-state index contributed by atoms with van der Waals surface area (Å²) in [6.07, 6.45) is 1.19. The van der Waals surface area contributed by atoms with E-state index in [1.165, 1.54) is 6.42 Å². The van der Waals surface area contributed by atoms with E-state index in [1.807, 2.05) is 0 Å². The lowest BCUT2D eigenvalue weighted by atomic mass is 9.93. The highest BCUT2D eigenvalue weighted by molar-refractivity contribution is 8.00. The van der Waals surface area contributed by atoms with E-state index < -0.39 is 0 Å². The Hall–Kier alpha value is 0.310. The van der Waals surface area contributed by atoms with Crippen LogP contribution in [0.4, 0.5) is 0 Å². The number of rotatable bonds is 1. The molecule has 2 unspecified atom stereocenters. The van der Waals surface area contributed by atoms with Crippen molar-refractivity contribution < 1.29 is 5.11 Å². The highest BCUT2D eigenvalue weighted by atomic mass is 32.2. The Labute approximate surface area is 67.2 Å². The first-order chi connectivity index (χ1) is 4.66. The first kappa shape index (κ1) is 8.41. The summed E-state index contributed by atoms with van der Waals surface area (Å²) in [6, 6.07) is 0. The van der Waals surface area contributed by atoms with Crippen molar-refractivity contribution in [3.63, 3.8) is 0 Å². The third kappa shape index (κ3) is 1.32. The van der Waals surface area contributed by atoms with Crippen LogP contribution in [0.15, 0.2) is 0 Å². The number of hydrogen-bond donors (Lipinski definition) is 1. The van der Waals surface area contributed by atoms with Crippen LogP contribution >= 0.6 is 11.8 Å². The van der Waals surface area contributed by atoms with Gasteiger partial charge in [-0.2, -0.15) is 0 Å². The molecule has 0 spiro atoms. The molecule has 1 aliphatic heterocycles. The van der Waals surface area contributed by atoms with Crippen LogP contribution in [-0.4, -0.2) is 15.8 Å². The molecular weight excluding hydrogens is 144 g/mol. The van der Waals surface area contributed by atoms with E-state index in [2.05, 4.69) is 20.8 Å². The Balaban J connectivity index is 2.53. The van der Waals surface area contributed by atoms with E-state index in [0.29, 0.717) is 17.1 Å². The van der Waals surface area contributed by atoms with Gasteiger partial charge in [0.1, 0.15) is 5.44 Å². The Kier molecular flexibility index (Phi) is 2.64. The highest BCUT2D eigenvalue weighted by Crippen LogP contribution is 2.42. The smallest absolute Gasteiger partial charge is 0.102 e. The average Bonchev–Trinajstić information content (AvgIpc) is 2.17. The minimum absolute atomic E-state index is 0.111. The Morgan fingerprint density at radius 1 is 1.30 bits per heavy atom. The van der Waals surface area contributed by atoms with Crippen molar-refractivity contribution in [1.29, 1.82) is 0 Å². The summed E-state index contributed by atoms with van der Waals surface area (Å²) in [4.78, 5) is 0. The van der Waals surface area contributed by atoms with E-state index >= 15 is 0 Å². The molecule has 1 N–H and O–H groups in total. The molecule has 0 aromatic carbocycles. The van der Waals surface area contributed by atoms with Gasteiger partial charge in [0.05, 0.1) is 0 Å². The normalized spacial score (nSPS) is 48.0. The maximum atomic E-state index is 9.43. The van der Waals surface area contributed by atoms with Crippen LogP contribution in [0.5, 0.6) is 0 Å². The average molecular weight is 160 g/mol. The minimum Gasteiger partial charge on any atom is -0.382 e. The van der Waals surface area contributed by atoms with Gasteiger partial charge in [0.2, 0.25) is 0 Å². The Morgan fingerprint density at radius 2 is 1.90 bits per heavy atom. The van der Waals surface area contributed by atoms with Crippen molar-refractivity contribution in [3.8, 4) is 0 Å². The molecule has 1 aliphatic rings. The molecule has 0 aliphatic carbocycles. The van der Waals surface area contributed by atoms with E-state index in [9.17, 15) is 5.11 Å². The number of thioether (sulfide) groups is 1. The zero-order valence-electron chi connectivity index (χ0n) is 6.87. The molecular formula is C8H16OS. The van der Waals surface area contributed by atoms with Gasteiger partial charge in [0.15, 0.2) is 0 Å². The quantitative estimate of drug-likeness (QED) is 0.634. The summed E-state index contributed by atoms with van der Waals surface area (Å²) in [5.74, 6) is 1.17. The van der Waals surface area contributed by atoms with Gasteiger partial charge in [-0.25, -0.2) is 0 Å². The molecule has 0 bridgehead atoms. The molecule has 4 atom stereocenters. The molecule has 1 fully saturated rings. The highest BCUT2D eigenvalue weighted by Gasteiger charge is 2.36. The van der Waals surface area contributed by atoms with Crippen molar-refractivity contribution in [2.24, 2.45) is 11.8 Å². The van der Waals surface area contributed by atoms with Crippen molar-refractivity contribution >= 4 is 11.8 Å². The van der Waals surface area contributed by atoms with Gasteiger partial charge in [-0.05, 0) is 18.3 Å². The fraction of sp³-hybridized carbons (Fsp3) is 1.00. The van der Waals surface area contributed by atoms with Gasteiger partial charge in [-0.15, -0.1) is 11.8 Å². The van der Waals surface area contributed by atoms with Crippen molar-refractivity contribution in [2.45, 2.75) is 37.9 Å². The molecule has 0 aromatic heterocycles. The van der Waals surface area contributed by atoms with Crippen LogP contribution in [0.2, 0.25) is 0 Å². The fourth-order valence-electron chi connectivity index (χ4n) is 1.49. The third-order valence-electron chi connectivity index (χ3n) is 2.58. The van der Waals surface area contributed by atoms with E-state index in [-0.39, 0.29) is 5.44 Å².